The highest BCUT2D eigenvalue weighted by atomic mass is 16.5. The number of nitrogens with one attached hydrogen (secondary N) is 1. The Morgan fingerprint density at radius 2 is 1.67 bits per heavy atom. The van der Waals surface area contributed by atoms with Crippen LogP contribution in [-0.4, -0.2) is 41.4 Å². The van der Waals surface area contributed by atoms with E-state index in [2.05, 4.69) is 15.3 Å². The Balaban J connectivity index is 1.96. The van der Waals surface area contributed by atoms with Crippen LogP contribution in [0.4, 0.5) is 0 Å². The van der Waals surface area contributed by atoms with Crippen molar-refractivity contribution >= 4 is 0 Å². The summed E-state index contributed by atoms with van der Waals surface area (Å²) < 4.78 is 10.5. The number of aliphatic hydroxyl groups is 1. The summed E-state index contributed by atoms with van der Waals surface area (Å²) in [6, 6.07) is 0. The van der Waals surface area contributed by atoms with Crippen molar-refractivity contribution in [3.05, 3.63) is 11.9 Å². The van der Waals surface area contributed by atoms with E-state index in [1.54, 1.807) is 14.2 Å². The van der Waals surface area contributed by atoms with Gasteiger partial charge in [-0.15, -0.1) is 0 Å². The molecule has 0 atom stereocenters. The first-order valence-corrected chi connectivity index (χ1v) is 7.53. The smallest absolute Gasteiger partial charge is 0.224 e. The third-order valence-corrected chi connectivity index (χ3v) is 4.04. The molecule has 0 aromatic carbocycles. The predicted octanol–water partition coefficient (Wildman–Crippen LogP) is 1.67. The highest BCUT2D eigenvalue weighted by Crippen LogP contribution is 2.27. The van der Waals surface area contributed by atoms with Gasteiger partial charge in [0.25, 0.3) is 0 Å². The van der Waals surface area contributed by atoms with Gasteiger partial charge < -0.3 is 19.9 Å². The fraction of sp³-hybridized carbons (Fsp3) is 0.733. The third kappa shape index (κ3) is 4.28. The van der Waals surface area contributed by atoms with Crippen molar-refractivity contribution in [2.24, 2.45) is 0 Å². The Bertz CT molecular complexity index is 424. The Morgan fingerprint density at radius 1 is 1.10 bits per heavy atom. The maximum absolute atomic E-state index is 10.6. The highest BCUT2D eigenvalue weighted by Gasteiger charge is 2.27. The second-order valence-corrected chi connectivity index (χ2v) is 5.61. The minimum absolute atomic E-state index is 0.502. The molecule has 0 aliphatic heterocycles. The number of aromatic nitrogens is 2. The molecule has 1 saturated carbocycles. The quantitative estimate of drug-likeness (QED) is 0.777. The first kappa shape index (κ1) is 16.0. The van der Waals surface area contributed by atoms with Crippen LogP contribution in [0.15, 0.2) is 6.33 Å². The minimum Gasteiger partial charge on any atom is -0.481 e. The van der Waals surface area contributed by atoms with Gasteiger partial charge in [0.1, 0.15) is 6.33 Å². The standard InChI is InChI=1S/C15H25N3O3/c1-20-13-12(14(21-2)18-11-17-13)9-16-10-15(19)7-5-3-4-6-8-15/h11,16,19H,3-10H2,1-2H3. The Hall–Kier alpha value is -1.40. The van der Waals surface area contributed by atoms with Crippen molar-refractivity contribution < 1.29 is 14.6 Å². The molecule has 1 heterocycles. The zero-order valence-electron chi connectivity index (χ0n) is 12.9. The largest absolute Gasteiger partial charge is 0.481 e. The lowest BCUT2D eigenvalue weighted by Crippen LogP contribution is -2.40. The van der Waals surface area contributed by atoms with Crippen LogP contribution in [0.25, 0.3) is 0 Å². The second kappa shape index (κ2) is 7.56. The van der Waals surface area contributed by atoms with E-state index < -0.39 is 5.60 Å². The molecule has 21 heavy (non-hydrogen) atoms. The van der Waals surface area contributed by atoms with Crippen LogP contribution >= 0.6 is 0 Å². The van der Waals surface area contributed by atoms with Crippen molar-refractivity contribution in [2.45, 2.75) is 50.7 Å². The zero-order chi connectivity index (χ0) is 15.1. The highest BCUT2D eigenvalue weighted by molar-refractivity contribution is 5.34. The van der Waals surface area contributed by atoms with Gasteiger partial charge >= 0.3 is 0 Å². The van der Waals surface area contributed by atoms with E-state index in [9.17, 15) is 5.11 Å². The lowest BCUT2D eigenvalue weighted by molar-refractivity contribution is 0.0249. The van der Waals surface area contributed by atoms with Gasteiger partial charge in [0, 0.05) is 13.1 Å². The molecular weight excluding hydrogens is 270 g/mol. The molecule has 0 bridgehead atoms. The molecule has 0 spiro atoms. The first-order chi connectivity index (χ1) is 10.2. The van der Waals surface area contributed by atoms with Gasteiger partial charge in [0.2, 0.25) is 11.8 Å². The normalized spacial score (nSPS) is 18.0. The molecular formula is C15H25N3O3. The molecule has 2 N–H and O–H groups in total. The van der Waals surface area contributed by atoms with Crippen LogP contribution in [0.5, 0.6) is 11.8 Å². The van der Waals surface area contributed by atoms with Crippen LogP contribution < -0.4 is 14.8 Å². The maximum Gasteiger partial charge on any atom is 0.224 e. The van der Waals surface area contributed by atoms with Gasteiger partial charge in [0.05, 0.1) is 25.4 Å². The Labute approximate surface area is 125 Å². The molecule has 1 aromatic rings. The van der Waals surface area contributed by atoms with Crippen LogP contribution in [0.1, 0.15) is 44.1 Å². The van der Waals surface area contributed by atoms with Crippen molar-refractivity contribution in [1.29, 1.82) is 0 Å². The molecule has 1 aromatic heterocycles. The predicted molar refractivity (Wildman–Crippen MR) is 79.5 cm³/mol. The van der Waals surface area contributed by atoms with Gasteiger partial charge in [-0.1, -0.05) is 25.7 Å². The molecule has 2 rings (SSSR count). The maximum atomic E-state index is 10.6. The fourth-order valence-corrected chi connectivity index (χ4v) is 2.87. The molecule has 118 valence electrons. The summed E-state index contributed by atoms with van der Waals surface area (Å²) in [5.41, 5.74) is 0.173. The van der Waals surface area contributed by atoms with Crippen LogP contribution in [0.2, 0.25) is 0 Å². The van der Waals surface area contributed by atoms with E-state index in [1.807, 2.05) is 0 Å². The first-order valence-electron chi connectivity index (χ1n) is 7.53. The number of hydrogen-bond donors (Lipinski definition) is 2. The SMILES string of the molecule is COc1ncnc(OC)c1CNCC1(O)CCCCCC1. The second-order valence-electron chi connectivity index (χ2n) is 5.61. The van der Waals surface area contributed by atoms with Crippen LogP contribution in [0.3, 0.4) is 0 Å². The van der Waals surface area contributed by atoms with E-state index in [0.717, 1.165) is 31.2 Å². The van der Waals surface area contributed by atoms with Crippen LogP contribution in [0, 0.1) is 0 Å². The molecule has 1 aliphatic carbocycles. The van der Waals surface area contributed by atoms with E-state index in [1.165, 1.54) is 19.2 Å². The summed E-state index contributed by atoms with van der Waals surface area (Å²) >= 11 is 0. The zero-order valence-corrected chi connectivity index (χ0v) is 12.9. The van der Waals surface area contributed by atoms with E-state index in [0.29, 0.717) is 24.8 Å². The summed E-state index contributed by atoms with van der Waals surface area (Å²) in [4.78, 5) is 8.18. The van der Waals surface area contributed by atoms with Crippen molar-refractivity contribution in [2.75, 3.05) is 20.8 Å². The van der Waals surface area contributed by atoms with E-state index >= 15 is 0 Å². The Kier molecular flexibility index (Phi) is 5.76. The van der Waals surface area contributed by atoms with Gasteiger partial charge in [0.15, 0.2) is 0 Å². The number of ether oxygens (including phenoxy) is 2. The van der Waals surface area contributed by atoms with Gasteiger partial charge in [-0.25, -0.2) is 9.97 Å². The van der Waals surface area contributed by atoms with E-state index in [-0.39, 0.29) is 0 Å². The average Bonchev–Trinajstić information content (AvgIpc) is 2.72. The lowest BCUT2D eigenvalue weighted by Gasteiger charge is -2.27. The van der Waals surface area contributed by atoms with Crippen molar-refractivity contribution in [3.8, 4) is 11.8 Å². The van der Waals surface area contributed by atoms with Gasteiger partial charge in [-0.3, -0.25) is 0 Å². The topological polar surface area (TPSA) is 76.5 Å². The Morgan fingerprint density at radius 3 is 2.19 bits per heavy atom. The minimum atomic E-state index is -0.605. The van der Waals surface area contributed by atoms with Gasteiger partial charge in [-0.05, 0) is 12.8 Å². The average molecular weight is 295 g/mol. The molecule has 0 radical (unpaired) electrons. The number of rotatable bonds is 6. The molecule has 0 saturated heterocycles. The number of hydrogen-bond acceptors (Lipinski definition) is 6. The molecule has 6 nitrogen and oxygen atoms in total. The van der Waals surface area contributed by atoms with Crippen molar-refractivity contribution in [3.63, 3.8) is 0 Å². The summed E-state index contributed by atoms with van der Waals surface area (Å²) in [5, 5.41) is 13.9. The number of nitrogens with zero attached hydrogens (tertiary/aromatic N) is 2. The van der Waals surface area contributed by atoms with Crippen molar-refractivity contribution in [1.82, 2.24) is 15.3 Å². The van der Waals surface area contributed by atoms with E-state index in [4.69, 9.17) is 9.47 Å². The summed E-state index contributed by atoms with van der Waals surface area (Å²) in [5.74, 6) is 1.00. The summed E-state index contributed by atoms with van der Waals surface area (Å²) in [7, 11) is 3.15. The fourth-order valence-electron chi connectivity index (χ4n) is 2.87. The summed E-state index contributed by atoms with van der Waals surface area (Å²) in [6.07, 6.45) is 7.77. The van der Waals surface area contributed by atoms with Crippen LogP contribution in [-0.2, 0) is 6.54 Å². The van der Waals surface area contributed by atoms with Gasteiger partial charge in [-0.2, -0.15) is 0 Å². The molecule has 0 amide bonds. The summed E-state index contributed by atoms with van der Waals surface area (Å²) in [6.45, 7) is 1.07. The molecule has 1 aliphatic rings. The lowest BCUT2D eigenvalue weighted by atomic mass is 9.94. The number of methoxy groups -OCH3 is 2. The monoisotopic (exact) mass is 295 g/mol. The molecule has 1 fully saturated rings. The molecule has 6 heteroatoms. The third-order valence-electron chi connectivity index (χ3n) is 4.04. The molecule has 0 unspecified atom stereocenters.